The van der Waals surface area contributed by atoms with Gasteiger partial charge in [-0.25, -0.2) is 9.97 Å². The van der Waals surface area contributed by atoms with E-state index in [1.165, 1.54) is 4.68 Å². The van der Waals surface area contributed by atoms with E-state index in [4.69, 9.17) is 11.6 Å². The Labute approximate surface area is 120 Å². The van der Waals surface area contributed by atoms with Crippen LogP contribution in [0.2, 0.25) is 5.15 Å². The molecule has 7 nitrogen and oxygen atoms in total. The van der Waals surface area contributed by atoms with Crippen molar-refractivity contribution < 1.29 is 4.92 Å². The molecule has 20 heavy (non-hydrogen) atoms. The smallest absolute Gasteiger partial charge is 0.258 e. The highest BCUT2D eigenvalue weighted by Crippen LogP contribution is 2.30. The zero-order valence-corrected chi connectivity index (χ0v) is 12.2. The predicted molar refractivity (Wildman–Crippen MR) is 74.3 cm³/mol. The number of hydrogen-bond acceptors (Lipinski definition) is 5. The van der Waals surface area contributed by atoms with Gasteiger partial charge in [-0.1, -0.05) is 24.9 Å². The fraction of sp³-hybridized carbons (Fsp3) is 0.417. The summed E-state index contributed by atoms with van der Waals surface area (Å²) in [6.45, 7) is 5.55. The maximum atomic E-state index is 11.1. The molecular formula is C12H14ClN5O2. The quantitative estimate of drug-likeness (QED) is 0.639. The van der Waals surface area contributed by atoms with E-state index in [2.05, 4.69) is 15.1 Å². The van der Waals surface area contributed by atoms with Crippen molar-refractivity contribution in [3.63, 3.8) is 0 Å². The van der Waals surface area contributed by atoms with E-state index >= 15 is 0 Å². The summed E-state index contributed by atoms with van der Waals surface area (Å²) in [5, 5.41) is 15.2. The Balaban J connectivity index is 2.62. The topological polar surface area (TPSA) is 86.7 Å². The molecule has 2 rings (SSSR count). The minimum atomic E-state index is -0.514. The second-order valence-electron chi connectivity index (χ2n) is 4.46. The van der Waals surface area contributed by atoms with Crippen LogP contribution in [-0.2, 0) is 6.42 Å². The summed E-state index contributed by atoms with van der Waals surface area (Å²) >= 11 is 6.08. The number of halogens is 1. The number of rotatable bonds is 4. The van der Waals surface area contributed by atoms with Gasteiger partial charge >= 0.3 is 5.69 Å². The summed E-state index contributed by atoms with van der Waals surface area (Å²) in [6, 6.07) is 1.81. The van der Waals surface area contributed by atoms with Crippen LogP contribution in [0.3, 0.4) is 0 Å². The maximum Gasteiger partial charge on any atom is 0.329 e. The zero-order valence-electron chi connectivity index (χ0n) is 11.4. The number of hydrogen-bond donors (Lipinski definition) is 0. The molecule has 0 atom stereocenters. The van der Waals surface area contributed by atoms with Gasteiger partial charge in [-0.15, -0.1) is 0 Å². The maximum absolute atomic E-state index is 11.1. The number of nitro groups is 1. The third-order valence-electron chi connectivity index (χ3n) is 2.70. The lowest BCUT2D eigenvalue weighted by atomic mass is 10.2. The van der Waals surface area contributed by atoms with Gasteiger partial charge < -0.3 is 0 Å². The Kier molecular flexibility index (Phi) is 3.99. The van der Waals surface area contributed by atoms with E-state index in [0.717, 1.165) is 17.8 Å². The average Bonchev–Trinajstić information content (AvgIpc) is 2.65. The van der Waals surface area contributed by atoms with Crippen molar-refractivity contribution in [3.8, 4) is 5.95 Å². The molecule has 0 spiro atoms. The van der Waals surface area contributed by atoms with Crippen LogP contribution in [0.5, 0.6) is 0 Å². The molecule has 0 N–H and O–H groups in total. The largest absolute Gasteiger partial charge is 0.329 e. The Morgan fingerprint density at radius 2 is 1.95 bits per heavy atom. The first-order chi connectivity index (χ1) is 9.43. The summed E-state index contributed by atoms with van der Waals surface area (Å²) in [6.07, 6.45) is 1.22. The minimum Gasteiger partial charge on any atom is -0.258 e. The summed E-state index contributed by atoms with van der Waals surface area (Å²) in [4.78, 5) is 19.1. The summed E-state index contributed by atoms with van der Waals surface area (Å²) in [7, 11) is 0. The van der Waals surface area contributed by atoms with Gasteiger partial charge in [0, 0.05) is 11.4 Å². The van der Waals surface area contributed by atoms with Crippen molar-refractivity contribution in [2.75, 3.05) is 0 Å². The molecule has 2 heterocycles. The number of aryl methyl sites for hydroxylation is 3. The Morgan fingerprint density at radius 3 is 2.45 bits per heavy atom. The van der Waals surface area contributed by atoms with E-state index in [9.17, 15) is 10.1 Å². The van der Waals surface area contributed by atoms with Gasteiger partial charge in [0.1, 0.15) is 5.69 Å². The normalized spacial score (nSPS) is 10.8. The fourth-order valence-corrected chi connectivity index (χ4v) is 2.24. The molecule has 106 valence electrons. The van der Waals surface area contributed by atoms with Crippen LogP contribution in [0.15, 0.2) is 6.07 Å². The van der Waals surface area contributed by atoms with Crippen molar-refractivity contribution in [1.82, 2.24) is 19.7 Å². The van der Waals surface area contributed by atoms with E-state index in [1.807, 2.05) is 26.8 Å². The minimum absolute atomic E-state index is 0.0662. The van der Waals surface area contributed by atoms with Crippen LogP contribution in [0.25, 0.3) is 5.95 Å². The molecule has 0 aliphatic carbocycles. The van der Waals surface area contributed by atoms with Gasteiger partial charge in [-0.05, 0) is 26.3 Å². The van der Waals surface area contributed by atoms with E-state index < -0.39 is 4.92 Å². The lowest BCUT2D eigenvalue weighted by Crippen LogP contribution is -2.06. The van der Waals surface area contributed by atoms with Crippen LogP contribution in [-0.4, -0.2) is 24.7 Å². The SMILES string of the molecule is CCCc1nn(-c2nc(C)cc(C)n2)c(Cl)c1[N+](=O)[O-]. The van der Waals surface area contributed by atoms with Crippen LogP contribution >= 0.6 is 11.6 Å². The molecule has 0 bridgehead atoms. The van der Waals surface area contributed by atoms with E-state index in [0.29, 0.717) is 12.1 Å². The molecule has 2 aromatic rings. The molecule has 0 amide bonds. The molecule has 0 aliphatic heterocycles. The molecular weight excluding hydrogens is 282 g/mol. The molecule has 0 unspecified atom stereocenters. The Morgan fingerprint density at radius 1 is 1.35 bits per heavy atom. The highest BCUT2D eigenvalue weighted by molar-refractivity contribution is 6.32. The molecule has 8 heteroatoms. The van der Waals surface area contributed by atoms with Crippen LogP contribution in [0, 0.1) is 24.0 Å². The highest BCUT2D eigenvalue weighted by Gasteiger charge is 2.27. The molecule has 0 aliphatic rings. The average molecular weight is 296 g/mol. The molecule has 0 aromatic carbocycles. The lowest BCUT2D eigenvalue weighted by Gasteiger charge is -2.03. The van der Waals surface area contributed by atoms with Gasteiger partial charge in [0.05, 0.1) is 4.92 Å². The van der Waals surface area contributed by atoms with Gasteiger partial charge in [0.2, 0.25) is 5.15 Å². The second kappa shape index (κ2) is 5.54. The van der Waals surface area contributed by atoms with Crippen molar-refractivity contribution in [2.45, 2.75) is 33.6 Å². The second-order valence-corrected chi connectivity index (χ2v) is 4.81. The summed E-state index contributed by atoms with van der Waals surface area (Å²) < 4.78 is 1.23. The molecule has 2 aromatic heterocycles. The van der Waals surface area contributed by atoms with Crippen molar-refractivity contribution in [1.29, 1.82) is 0 Å². The van der Waals surface area contributed by atoms with Gasteiger partial charge in [-0.2, -0.15) is 9.78 Å². The first-order valence-corrected chi connectivity index (χ1v) is 6.56. The molecule has 0 saturated carbocycles. The van der Waals surface area contributed by atoms with Gasteiger partial charge in [0.15, 0.2) is 0 Å². The van der Waals surface area contributed by atoms with Crippen LogP contribution < -0.4 is 0 Å². The first kappa shape index (κ1) is 14.4. The summed E-state index contributed by atoms with van der Waals surface area (Å²) in [5.74, 6) is 0.248. The summed E-state index contributed by atoms with van der Waals surface area (Å²) in [5.41, 5.74) is 1.68. The Bertz CT molecular complexity index is 648. The predicted octanol–water partition coefficient (Wildman–Crippen LogP) is 2.79. The van der Waals surface area contributed by atoms with Crippen molar-refractivity contribution in [3.05, 3.63) is 38.4 Å². The van der Waals surface area contributed by atoms with E-state index in [-0.39, 0.29) is 16.8 Å². The zero-order chi connectivity index (χ0) is 14.9. The van der Waals surface area contributed by atoms with E-state index in [1.54, 1.807) is 0 Å². The van der Waals surface area contributed by atoms with Crippen LogP contribution in [0.4, 0.5) is 5.69 Å². The van der Waals surface area contributed by atoms with Crippen molar-refractivity contribution >= 4 is 17.3 Å². The third-order valence-corrected chi connectivity index (χ3v) is 3.04. The van der Waals surface area contributed by atoms with Crippen LogP contribution in [0.1, 0.15) is 30.4 Å². The molecule has 0 fully saturated rings. The highest BCUT2D eigenvalue weighted by atomic mass is 35.5. The van der Waals surface area contributed by atoms with Gasteiger partial charge in [-0.3, -0.25) is 10.1 Å². The molecule has 0 saturated heterocycles. The standard InChI is InChI=1S/C12H14ClN5O2/c1-4-5-9-10(18(19)20)11(13)17(16-9)12-14-7(2)6-8(3)15-12/h6H,4-5H2,1-3H3. The van der Waals surface area contributed by atoms with Gasteiger partial charge in [0.25, 0.3) is 5.95 Å². The number of aromatic nitrogens is 4. The molecule has 0 radical (unpaired) electrons. The fourth-order valence-electron chi connectivity index (χ4n) is 1.95. The Hall–Kier alpha value is -2.02. The van der Waals surface area contributed by atoms with Crippen molar-refractivity contribution in [2.24, 2.45) is 0 Å². The number of nitrogens with zero attached hydrogens (tertiary/aromatic N) is 5. The third kappa shape index (κ3) is 2.62. The first-order valence-electron chi connectivity index (χ1n) is 6.18. The lowest BCUT2D eigenvalue weighted by molar-refractivity contribution is -0.385. The monoisotopic (exact) mass is 295 g/mol.